The van der Waals surface area contributed by atoms with Crippen molar-refractivity contribution in [2.75, 3.05) is 19.0 Å². The minimum Gasteiger partial charge on any atom is -0.495 e. The Labute approximate surface area is 162 Å². The maximum atomic E-state index is 13.0. The molecule has 1 fully saturated rings. The molecule has 1 atom stereocenters. The number of benzene rings is 2. The van der Waals surface area contributed by atoms with Crippen molar-refractivity contribution in [1.82, 2.24) is 15.8 Å². The van der Waals surface area contributed by atoms with Crippen LogP contribution in [0.15, 0.2) is 54.6 Å². The van der Waals surface area contributed by atoms with Crippen molar-refractivity contribution in [3.63, 3.8) is 0 Å². The predicted octanol–water partition coefficient (Wildman–Crippen LogP) is 2.00. The number of imide groups is 1. The number of hydrogen-bond donors (Lipinski definition) is 3. The molecule has 4 amide bonds. The predicted molar refractivity (Wildman–Crippen MR) is 103 cm³/mol. The SMILES string of the molecule is CC[C@@]1(c2ccccc2)NC(=O)N(NC(=O)CNc2ccccc2OC)C1=O. The number of rotatable bonds is 7. The van der Waals surface area contributed by atoms with E-state index in [0.29, 0.717) is 23.4 Å². The molecule has 1 heterocycles. The van der Waals surface area contributed by atoms with Crippen molar-refractivity contribution in [2.45, 2.75) is 18.9 Å². The van der Waals surface area contributed by atoms with E-state index >= 15 is 0 Å². The third kappa shape index (κ3) is 3.48. The molecule has 0 unspecified atom stereocenters. The summed E-state index contributed by atoms with van der Waals surface area (Å²) in [7, 11) is 1.53. The molecule has 8 nitrogen and oxygen atoms in total. The molecule has 2 aromatic carbocycles. The number of para-hydroxylation sites is 2. The van der Waals surface area contributed by atoms with E-state index < -0.39 is 23.4 Å². The highest BCUT2D eigenvalue weighted by Gasteiger charge is 2.52. The summed E-state index contributed by atoms with van der Waals surface area (Å²) in [5, 5.41) is 6.38. The third-order valence-electron chi connectivity index (χ3n) is 4.67. The number of amides is 4. The topological polar surface area (TPSA) is 99.8 Å². The largest absolute Gasteiger partial charge is 0.495 e. The van der Waals surface area contributed by atoms with Crippen LogP contribution in [0.3, 0.4) is 0 Å². The number of carbonyl (C=O) groups is 3. The van der Waals surface area contributed by atoms with E-state index in [9.17, 15) is 14.4 Å². The first-order valence-corrected chi connectivity index (χ1v) is 8.90. The second-order valence-corrected chi connectivity index (χ2v) is 6.28. The van der Waals surface area contributed by atoms with Gasteiger partial charge in [0.15, 0.2) is 0 Å². The molecule has 1 aliphatic heterocycles. The van der Waals surface area contributed by atoms with Gasteiger partial charge in [-0.15, -0.1) is 0 Å². The zero-order valence-corrected chi connectivity index (χ0v) is 15.7. The van der Waals surface area contributed by atoms with Crippen molar-refractivity contribution in [3.8, 4) is 5.75 Å². The highest BCUT2D eigenvalue weighted by molar-refractivity contribution is 6.08. The van der Waals surface area contributed by atoms with Crippen LogP contribution in [0.4, 0.5) is 10.5 Å². The zero-order valence-electron chi connectivity index (χ0n) is 15.7. The van der Waals surface area contributed by atoms with Gasteiger partial charge >= 0.3 is 6.03 Å². The molecule has 0 radical (unpaired) electrons. The molecule has 0 saturated carbocycles. The monoisotopic (exact) mass is 382 g/mol. The lowest BCUT2D eigenvalue weighted by Gasteiger charge is -2.25. The van der Waals surface area contributed by atoms with Crippen molar-refractivity contribution < 1.29 is 19.1 Å². The Hall–Kier alpha value is -3.55. The summed E-state index contributed by atoms with van der Waals surface area (Å²) in [4.78, 5) is 37.7. The van der Waals surface area contributed by atoms with E-state index in [1.165, 1.54) is 7.11 Å². The highest BCUT2D eigenvalue weighted by Crippen LogP contribution is 2.31. The fourth-order valence-corrected chi connectivity index (χ4v) is 3.17. The van der Waals surface area contributed by atoms with Crippen LogP contribution in [0.5, 0.6) is 5.75 Å². The lowest BCUT2D eigenvalue weighted by molar-refractivity contribution is -0.138. The summed E-state index contributed by atoms with van der Waals surface area (Å²) in [6.07, 6.45) is 0.355. The second kappa shape index (κ2) is 7.99. The molecule has 0 aromatic heterocycles. The lowest BCUT2D eigenvalue weighted by atomic mass is 9.87. The van der Waals surface area contributed by atoms with Crippen LogP contribution in [-0.4, -0.2) is 36.5 Å². The molecular formula is C20H22N4O4. The van der Waals surface area contributed by atoms with Crippen molar-refractivity contribution in [3.05, 3.63) is 60.2 Å². The van der Waals surface area contributed by atoms with Gasteiger partial charge in [-0.3, -0.25) is 15.0 Å². The first-order valence-electron chi connectivity index (χ1n) is 8.90. The first kappa shape index (κ1) is 19.2. The Balaban J connectivity index is 1.69. The van der Waals surface area contributed by atoms with E-state index in [1.54, 1.807) is 49.4 Å². The van der Waals surface area contributed by atoms with E-state index in [4.69, 9.17) is 4.74 Å². The normalized spacial score (nSPS) is 18.6. The molecule has 0 bridgehead atoms. The van der Waals surface area contributed by atoms with Crippen LogP contribution >= 0.6 is 0 Å². The van der Waals surface area contributed by atoms with E-state index in [1.807, 2.05) is 12.1 Å². The number of nitrogens with one attached hydrogen (secondary N) is 3. The number of hydrazine groups is 1. The third-order valence-corrected chi connectivity index (χ3v) is 4.67. The molecule has 28 heavy (non-hydrogen) atoms. The summed E-state index contributed by atoms with van der Waals surface area (Å²) in [6.45, 7) is 1.67. The van der Waals surface area contributed by atoms with Gasteiger partial charge in [0, 0.05) is 0 Å². The number of urea groups is 1. The fourth-order valence-electron chi connectivity index (χ4n) is 3.17. The average molecular weight is 382 g/mol. The summed E-state index contributed by atoms with van der Waals surface area (Å²) in [6, 6.07) is 15.4. The van der Waals surface area contributed by atoms with Crippen LogP contribution in [-0.2, 0) is 15.1 Å². The van der Waals surface area contributed by atoms with Crippen LogP contribution in [0, 0.1) is 0 Å². The summed E-state index contributed by atoms with van der Waals surface area (Å²) in [5.41, 5.74) is 2.48. The molecule has 8 heteroatoms. The van der Waals surface area contributed by atoms with Gasteiger partial charge < -0.3 is 15.4 Å². The Morgan fingerprint density at radius 3 is 2.46 bits per heavy atom. The van der Waals surface area contributed by atoms with Gasteiger partial charge in [0.05, 0.1) is 19.3 Å². The van der Waals surface area contributed by atoms with Crippen molar-refractivity contribution in [2.24, 2.45) is 0 Å². The number of methoxy groups -OCH3 is 1. The molecular weight excluding hydrogens is 360 g/mol. The Morgan fingerprint density at radius 1 is 1.11 bits per heavy atom. The molecule has 1 saturated heterocycles. The first-order chi connectivity index (χ1) is 13.5. The van der Waals surface area contributed by atoms with Gasteiger partial charge in [-0.25, -0.2) is 4.79 Å². The molecule has 3 rings (SSSR count). The van der Waals surface area contributed by atoms with E-state index in [-0.39, 0.29) is 6.54 Å². The van der Waals surface area contributed by atoms with Crippen LogP contribution in [0.1, 0.15) is 18.9 Å². The van der Waals surface area contributed by atoms with Gasteiger partial charge in [-0.05, 0) is 24.1 Å². The quantitative estimate of drug-likeness (QED) is 0.636. The van der Waals surface area contributed by atoms with Crippen molar-refractivity contribution in [1.29, 1.82) is 0 Å². The summed E-state index contributed by atoms with van der Waals surface area (Å²) in [5.74, 6) is -0.467. The van der Waals surface area contributed by atoms with Gasteiger partial charge in [0.25, 0.3) is 11.8 Å². The maximum absolute atomic E-state index is 13.0. The van der Waals surface area contributed by atoms with Crippen molar-refractivity contribution >= 4 is 23.5 Å². The number of hydrogen-bond acceptors (Lipinski definition) is 5. The number of nitrogens with zero attached hydrogens (tertiary/aromatic N) is 1. The number of ether oxygens (including phenoxy) is 1. The molecule has 3 N–H and O–H groups in total. The van der Waals surface area contributed by atoms with E-state index in [0.717, 1.165) is 5.01 Å². The number of anilines is 1. The summed E-state index contributed by atoms with van der Waals surface area (Å²) >= 11 is 0. The van der Waals surface area contributed by atoms with E-state index in [2.05, 4.69) is 16.1 Å². The van der Waals surface area contributed by atoms with Crippen LogP contribution < -0.4 is 20.8 Å². The minimum atomic E-state index is -1.19. The number of carbonyl (C=O) groups excluding carboxylic acids is 3. The second-order valence-electron chi connectivity index (χ2n) is 6.28. The van der Waals surface area contributed by atoms with Gasteiger partial charge in [-0.1, -0.05) is 49.4 Å². The molecule has 2 aromatic rings. The Kier molecular flexibility index (Phi) is 5.49. The maximum Gasteiger partial charge on any atom is 0.344 e. The van der Waals surface area contributed by atoms with Gasteiger partial charge in [0.2, 0.25) is 0 Å². The summed E-state index contributed by atoms with van der Waals surface area (Å²) < 4.78 is 5.21. The van der Waals surface area contributed by atoms with Crippen LogP contribution in [0.2, 0.25) is 0 Å². The Morgan fingerprint density at radius 2 is 1.79 bits per heavy atom. The minimum absolute atomic E-state index is 0.137. The fraction of sp³-hybridized carbons (Fsp3) is 0.250. The Bertz CT molecular complexity index is 887. The lowest BCUT2D eigenvalue weighted by Crippen LogP contribution is -2.50. The molecule has 1 aliphatic rings. The van der Waals surface area contributed by atoms with Crippen LogP contribution in [0.25, 0.3) is 0 Å². The standard InChI is InChI=1S/C20H22N4O4/c1-3-20(14-9-5-4-6-10-14)18(26)24(19(27)22-20)23-17(25)13-21-15-11-7-8-12-16(15)28-2/h4-12,21H,3,13H2,1-2H3,(H,22,27)(H,23,25)/t20-/m0/s1. The smallest absolute Gasteiger partial charge is 0.344 e. The molecule has 0 aliphatic carbocycles. The zero-order chi connectivity index (χ0) is 20.1. The molecule has 146 valence electrons. The van der Waals surface area contributed by atoms with Gasteiger partial charge in [0.1, 0.15) is 11.3 Å². The molecule has 0 spiro atoms. The highest BCUT2D eigenvalue weighted by atomic mass is 16.5. The van der Waals surface area contributed by atoms with Gasteiger partial charge in [-0.2, -0.15) is 5.01 Å². The average Bonchev–Trinajstić information content (AvgIpc) is 2.98.